The van der Waals surface area contributed by atoms with E-state index in [1.54, 1.807) is 7.11 Å². The molecule has 142 valence electrons. The van der Waals surface area contributed by atoms with Crippen LogP contribution in [0.25, 0.3) is 5.52 Å². The number of nitrogens with zero attached hydrogens (tertiary/aromatic N) is 4. The average Bonchev–Trinajstić information content (AvgIpc) is 3.09. The highest BCUT2D eigenvalue weighted by atomic mass is 16.5. The zero-order chi connectivity index (χ0) is 18.8. The maximum atomic E-state index is 10.1. The molecule has 8 nitrogen and oxygen atoms in total. The number of fused-ring (bicyclic) bond motifs is 1. The molecule has 1 aliphatic rings. The Bertz CT molecular complexity index is 927. The molecule has 1 fully saturated rings. The topological polar surface area (TPSA) is 101 Å². The first-order valence-corrected chi connectivity index (χ1v) is 9.02. The molecule has 0 amide bonds. The number of β-amino-alcohol motifs (C(OH)–C–C–N with tert-alkyl or cyclic N) is 1. The van der Waals surface area contributed by atoms with Crippen molar-refractivity contribution in [3.05, 3.63) is 48.4 Å². The Labute approximate surface area is 157 Å². The molecule has 4 rings (SSSR count). The summed E-state index contributed by atoms with van der Waals surface area (Å²) in [5.41, 5.74) is 8.83. The summed E-state index contributed by atoms with van der Waals surface area (Å²) in [6, 6.07) is 9.62. The smallest absolute Gasteiger partial charge is 0.158 e. The van der Waals surface area contributed by atoms with Gasteiger partial charge in [-0.15, -0.1) is 0 Å². The maximum Gasteiger partial charge on any atom is 0.158 e. The molecule has 0 radical (unpaired) electrons. The summed E-state index contributed by atoms with van der Waals surface area (Å²) in [5, 5.41) is 17.7. The molecule has 1 aliphatic heterocycles. The number of aromatic nitrogens is 3. The van der Waals surface area contributed by atoms with Gasteiger partial charge in [-0.3, -0.25) is 4.90 Å². The molecule has 3 heterocycles. The van der Waals surface area contributed by atoms with Crippen LogP contribution in [0.15, 0.2) is 42.9 Å². The fraction of sp³-hybridized carbons (Fsp3) is 0.368. The van der Waals surface area contributed by atoms with Crippen molar-refractivity contribution in [1.82, 2.24) is 19.5 Å². The summed E-state index contributed by atoms with van der Waals surface area (Å²) >= 11 is 0. The Hall–Kier alpha value is -2.68. The Morgan fingerprint density at radius 3 is 3.07 bits per heavy atom. The molecule has 1 saturated heterocycles. The lowest BCUT2D eigenvalue weighted by atomic mass is 10.0. The van der Waals surface area contributed by atoms with Crippen LogP contribution < -0.4 is 15.8 Å². The third-order valence-corrected chi connectivity index (χ3v) is 4.98. The van der Waals surface area contributed by atoms with E-state index in [1.165, 1.54) is 6.33 Å². The van der Waals surface area contributed by atoms with Gasteiger partial charge >= 0.3 is 0 Å². The lowest BCUT2D eigenvalue weighted by Crippen LogP contribution is -2.50. The van der Waals surface area contributed by atoms with E-state index in [0.717, 1.165) is 41.3 Å². The molecule has 2 atom stereocenters. The van der Waals surface area contributed by atoms with Crippen LogP contribution in [-0.2, 0) is 6.54 Å². The van der Waals surface area contributed by atoms with Gasteiger partial charge in [-0.2, -0.15) is 5.10 Å². The number of aliphatic hydroxyl groups is 1. The summed E-state index contributed by atoms with van der Waals surface area (Å²) in [4.78, 5) is 6.65. The number of benzene rings is 1. The fourth-order valence-corrected chi connectivity index (χ4v) is 3.47. The van der Waals surface area contributed by atoms with Crippen molar-refractivity contribution in [2.45, 2.75) is 25.1 Å². The lowest BCUT2D eigenvalue weighted by Gasteiger charge is -2.33. The molecule has 0 saturated carbocycles. The standard InChI is InChI=1S/C19H24N6O2/c1-27-15-4-2-3-14(9-15)23-19-18-13(5-8-25(18)22-12-21-19)10-24-7-6-16(20)17(26)11-24/h2-5,8-9,12,16-17,26H,6-7,10-11,20H2,1H3,(H,21,22,23)/t16?,17-/m1/s1. The van der Waals surface area contributed by atoms with E-state index in [2.05, 4.69) is 20.3 Å². The van der Waals surface area contributed by atoms with Crippen LogP contribution in [0.2, 0.25) is 0 Å². The quantitative estimate of drug-likeness (QED) is 0.625. The lowest BCUT2D eigenvalue weighted by molar-refractivity contribution is 0.0501. The number of rotatable bonds is 5. The number of anilines is 2. The van der Waals surface area contributed by atoms with Crippen molar-refractivity contribution >= 4 is 17.0 Å². The van der Waals surface area contributed by atoms with Gasteiger partial charge in [0.2, 0.25) is 0 Å². The predicted molar refractivity (Wildman–Crippen MR) is 103 cm³/mol. The SMILES string of the molecule is COc1cccc(Nc2ncnn3ccc(CN4CCC(N)[C@H](O)C4)c23)c1. The minimum Gasteiger partial charge on any atom is -0.497 e. The zero-order valence-corrected chi connectivity index (χ0v) is 15.2. The second kappa shape index (κ2) is 7.51. The van der Waals surface area contributed by atoms with Crippen molar-refractivity contribution < 1.29 is 9.84 Å². The zero-order valence-electron chi connectivity index (χ0n) is 15.2. The number of piperidine rings is 1. The molecule has 3 aromatic rings. The monoisotopic (exact) mass is 368 g/mol. The Morgan fingerprint density at radius 2 is 2.26 bits per heavy atom. The van der Waals surface area contributed by atoms with Crippen molar-refractivity contribution in [2.75, 3.05) is 25.5 Å². The van der Waals surface area contributed by atoms with Crippen LogP contribution in [-0.4, -0.2) is 56.9 Å². The average molecular weight is 368 g/mol. The van der Waals surface area contributed by atoms with Crippen molar-refractivity contribution in [3.8, 4) is 5.75 Å². The summed E-state index contributed by atoms with van der Waals surface area (Å²) in [6.45, 7) is 2.15. The molecule has 2 aromatic heterocycles. The summed E-state index contributed by atoms with van der Waals surface area (Å²) in [5.74, 6) is 1.51. The van der Waals surface area contributed by atoms with E-state index >= 15 is 0 Å². The van der Waals surface area contributed by atoms with Crippen LogP contribution in [0, 0.1) is 0 Å². The van der Waals surface area contributed by atoms with Crippen LogP contribution in [0.3, 0.4) is 0 Å². The van der Waals surface area contributed by atoms with E-state index in [-0.39, 0.29) is 6.04 Å². The van der Waals surface area contributed by atoms with Gasteiger partial charge in [0.15, 0.2) is 5.82 Å². The highest BCUT2D eigenvalue weighted by Gasteiger charge is 2.25. The fourth-order valence-electron chi connectivity index (χ4n) is 3.47. The summed E-state index contributed by atoms with van der Waals surface area (Å²) in [7, 11) is 1.64. The van der Waals surface area contributed by atoms with E-state index in [1.807, 2.05) is 41.0 Å². The van der Waals surface area contributed by atoms with Gasteiger partial charge in [0.1, 0.15) is 17.6 Å². The van der Waals surface area contributed by atoms with E-state index < -0.39 is 6.10 Å². The molecule has 27 heavy (non-hydrogen) atoms. The second-order valence-electron chi connectivity index (χ2n) is 6.85. The largest absolute Gasteiger partial charge is 0.497 e. The molecule has 0 bridgehead atoms. The van der Waals surface area contributed by atoms with Crippen molar-refractivity contribution in [2.24, 2.45) is 5.73 Å². The first-order chi connectivity index (χ1) is 13.1. The van der Waals surface area contributed by atoms with Gasteiger partial charge in [0, 0.05) is 43.6 Å². The third kappa shape index (κ3) is 3.73. The number of nitrogens with one attached hydrogen (secondary N) is 1. The minimum absolute atomic E-state index is 0.138. The van der Waals surface area contributed by atoms with Crippen LogP contribution in [0.1, 0.15) is 12.0 Å². The molecule has 0 aliphatic carbocycles. The highest BCUT2D eigenvalue weighted by Crippen LogP contribution is 2.26. The van der Waals surface area contributed by atoms with E-state index in [0.29, 0.717) is 13.1 Å². The third-order valence-electron chi connectivity index (χ3n) is 4.98. The van der Waals surface area contributed by atoms with Crippen LogP contribution >= 0.6 is 0 Å². The summed E-state index contributed by atoms with van der Waals surface area (Å²) in [6.07, 6.45) is 3.76. The predicted octanol–water partition coefficient (Wildman–Crippen LogP) is 1.38. The van der Waals surface area contributed by atoms with Crippen LogP contribution in [0.5, 0.6) is 5.75 Å². The van der Waals surface area contributed by atoms with Gasteiger partial charge < -0.3 is 20.9 Å². The second-order valence-corrected chi connectivity index (χ2v) is 6.85. The summed E-state index contributed by atoms with van der Waals surface area (Å²) < 4.78 is 7.11. The number of ether oxygens (including phenoxy) is 1. The molecule has 0 spiro atoms. The Morgan fingerprint density at radius 1 is 1.37 bits per heavy atom. The molecule has 1 aromatic carbocycles. The van der Waals surface area contributed by atoms with Crippen LogP contribution in [0.4, 0.5) is 11.5 Å². The Kier molecular flexibility index (Phi) is 4.93. The minimum atomic E-state index is -0.488. The molecular weight excluding hydrogens is 344 g/mol. The van der Waals surface area contributed by atoms with E-state index in [4.69, 9.17) is 10.5 Å². The maximum absolute atomic E-state index is 10.1. The van der Waals surface area contributed by atoms with Gasteiger partial charge in [-0.05, 0) is 30.2 Å². The van der Waals surface area contributed by atoms with Gasteiger partial charge in [0.05, 0.1) is 13.2 Å². The first-order valence-electron chi connectivity index (χ1n) is 9.02. The Balaban J connectivity index is 1.61. The molecule has 1 unspecified atom stereocenters. The molecule has 8 heteroatoms. The van der Waals surface area contributed by atoms with Gasteiger partial charge in [-0.25, -0.2) is 9.50 Å². The van der Waals surface area contributed by atoms with Gasteiger partial charge in [-0.1, -0.05) is 6.07 Å². The normalized spacial score (nSPS) is 20.7. The number of likely N-dealkylation sites (tertiary alicyclic amines) is 1. The molecular formula is C19H24N6O2. The number of nitrogens with two attached hydrogens (primary N) is 1. The number of methoxy groups -OCH3 is 1. The van der Waals surface area contributed by atoms with Gasteiger partial charge in [0.25, 0.3) is 0 Å². The first kappa shape index (κ1) is 17.7. The number of hydrogen-bond acceptors (Lipinski definition) is 7. The van der Waals surface area contributed by atoms with Crippen molar-refractivity contribution in [1.29, 1.82) is 0 Å². The molecule has 4 N–H and O–H groups in total. The van der Waals surface area contributed by atoms with Crippen molar-refractivity contribution in [3.63, 3.8) is 0 Å². The number of hydrogen-bond donors (Lipinski definition) is 3. The highest BCUT2D eigenvalue weighted by molar-refractivity contribution is 5.76. The van der Waals surface area contributed by atoms with E-state index in [9.17, 15) is 5.11 Å². The number of aliphatic hydroxyl groups excluding tert-OH is 1.